The normalized spacial score (nSPS) is 12.4. The van der Waals surface area contributed by atoms with Gasteiger partial charge in [0, 0.05) is 58.1 Å². The Bertz CT molecular complexity index is 3780. The smallest absolute Gasteiger partial charge is 0.235 e. The Morgan fingerprint density at radius 3 is 1.82 bits per heavy atom. The topological polar surface area (TPSA) is 35.1 Å². The third kappa shape index (κ3) is 3.84. The maximum Gasteiger partial charge on any atom is 0.235 e. The highest BCUT2D eigenvalue weighted by molar-refractivity contribution is 7.26. The second-order valence-corrected chi connectivity index (χ2v) is 15.6. The van der Waals surface area contributed by atoms with E-state index in [1.165, 1.54) is 79.8 Å². The lowest BCUT2D eigenvalue weighted by atomic mass is 10.0. The predicted octanol–water partition coefficient (Wildman–Crippen LogP) is 13.6. The Balaban J connectivity index is 1.30. The molecule has 0 spiro atoms. The van der Waals surface area contributed by atoms with Gasteiger partial charge in [-0.05, 0) is 52.6 Å². The molecule has 0 N–H and O–H groups in total. The van der Waals surface area contributed by atoms with E-state index >= 15 is 0 Å². The van der Waals surface area contributed by atoms with Gasteiger partial charge in [-0.25, -0.2) is 9.97 Å². The molecular formula is C50H28N4S. The quantitative estimate of drug-likeness (QED) is 0.179. The van der Waals surface area contributed by atoms with Crippen molar-refractivity contribution in [1.82, 2.24) is 18.9 Å². The number of fused-ring (bicyclic) bond motifs is 13. The van der Waals surface area contributed by atoms with Crippen LogP contribution >= 0.6 is 11.3 Å². The molecule has 0 atom stereocenters. The van der Waals surface area contributed by atoms with Crippen LogP contribution in [0.5, 0.6) is 0 Å². The first-order chi connectivity index (χ1) is 27.3. The van der Waals surface area contributed by atoms with Gasteiger partial charge < -0.3 is 4.40 Å². The van der Waals surface area contributed by atoms with Gasteiger partial charge in [0.05, 0.1) is 38.8 Å². The van der Waals surface area contributed by atoms with E-state index in [2.05, 4.69) is 179 Å². The van der Waals surface area contributed by atoms with Crippen molar-refractivity contribution in [3.8, 4) is 17.2 Å². The van der Waals surface area contributed by atoms with Crippen molar-refractivity contribution >= 4 is 113 Å². The fourth-order valence-electron chi connectivity index (χ4n) is 9.46. The zero-order valence-electron chi connectivity index (χ0n) is 29.4. The van der Waals surface area contributed by atoms with Crippen molar-refractivity contribution in [2.24, 2.45) is 0 Å². The van der Waals surface area contributed by atoms with Gasteiger partial charge in [-0.3, -0.25) is 4.57 Å². The second-order valence-electron chi connectivity index (χ2n) is 14.5. The summed E-state index contributed by atoms with van der Waals surface area (Å²) in [7, 11) is 0. The highest BCUT2D eigenvalue weighted by atomic mass is 32.1. The van der Waals surface area contributed by atoms with Gasteiger partial charge in [-0.2, -0.15) is 0 Å². The predicted molar refractivity (Wildman–Crippen MR) is 233 cm³/mol. The first-order valence-electron chi connectivity index (χ1n) is 18.7. The lowest BCUT2D eigenvalue weighted by Gasteiger charge is -2.11. The minimum Gasteiger partial charge on any atom is -0.307 e. The van der Waals surface area contributed by atoms with Crippen LogP contribution in [0.25, 0.3) is 119 Å². The molecule has 254 valence electrons. The molecule has 0 bridgehead atoms. The van der Waals surface area contributed by atoms with E-state index < -0.39 is 0 Å². The Kier molecular flexibility index (Phi) is 5.74. The summed E-state index contributed by atoms with van der Waals surface area (Å²) in [6.45, 7) is 0. The molecule has 0 amide bonds. The molecule has 13 aromatic rings. The molecule has 13 rings (SSSR count). The van der Waals surface area contributed by atoms with Gasteiger partial charge >= 0.3 is 0 Å². The highest BCUT2D eigenvalue weighted by Gasteiger charge is 2.24. The molecule has 5 aromatic heterocycles. The van der Waals surface area contributed by atoms with E-state index in [9.17, 15) is 0 Å². The SMILES string of the molecule is c1ccc(-c2nc(-n3c4ccccc4c4c3ccc3c5ccc6sc7cccc8c9ccccc9c9ccccc9n(c5c6c78)c34)nc3ccccc23)cc1. The summed E-state index contributed by atoms with van der Waals surface area (Å²) >= 11 is 1.89. The Morgan fingerprint density at radius 1 is 0.364 bits per heavy atom. The van der Waals surface area contributed by atoms with Crippen molar-refractivity contribution in [2.45, 2.75) is 0 Å². The largest absolute Gasteiger partial charge is 0.307 e. The Labute approximate surface area is 317 Å². The van der Waals surface area contributed by atoms with Gasteiger partial charge in [0.1, 0.15) is 0 Å². The van der Waals surface area contributed by atoms with Gasteiger partial charge in [0.25, 0.3) is 0 Å². The molecule has 0 saturated heterocycles. The van der Waals surface area contributed by atoms with Crippen molar-refractivity contribution in [1.29, 1.82) is 0 Å². The van der Waals surface area contributed by atoms with Crippen LogP contribution in [0, 0.1) is 0 Å². The number of benzene rings is 8. The number of aromatic nitrogens is 4. The summed E-state index contributed by atoms with van der Waals surface area (Å²) in [5, 5.41) is 13.5. The van der Waals surface area contributed by atoms with Crippen LogP contribution in [0.2, 0.25) is 0 Å². The van der Waals surface area contributed by atoms with E-state index in [0.29, 0.717) is 5.95 Å². The van der Waals surface area contributed by atoms with Crippen LogP contribution in [0.1, 0.15) is 0 Å². The zero-order chi connectivity index (χ0) is 35.8. The van der Waals surface area contributed by atoms with E-state index in [4.69, 9.17) is 9.97 Å². The fraction of sp³-hybridized carbons (Fsp3) is 0. The minimum atomic E-state index is 0.661. The number of thiophene rings is 1. The summed E-state index contributed by atoms with van der Waals surface area (Å²) in [6.07, 6.45) is 0. The lowest BCUT2D eigenvalue weighted by molar-refractivity contribution is 1.01. The molecule has 5 heterocycles. The maximum atomic E-state index is 5.39. The van der Waals surface area contributed by atoms with Gasteiger partial charge in [-0.15, -0.1) is 11.3 Å². The Hall–Kier alpha value is -7.08. The second kappa shape index (κ2) is 10.8. The molecule has 8 aromatic carbocycles. The third-order valence-electron chi connectivity index (χ3n) is 11.7. The summed E-state index contributed by atoms with van der Waals surface area (Å²) in [5.74, 6) is 0.661. The molecule has 0 saturated carbocycles. The first kappa shape index (κ1) is 29.4. The number of hydrogen-bond acceptors (Lipinski definition) is 3. The average Bonchev–Trinajstić information content (AvgIpc) is 3.91. The van der Waals surface area contributed by atoms with E-state index in [1.807, 2.05) is 11.3 Å². The Morgan fingerprint density at radius 2 is 0.982 bits per heavy atom. The van der Waals surface area contributed by atoms with E-state index in [-0.39, 0.29) is 0 Å². The van der Waals surface area contributed by atoms with Crippen LogP contribution in [-0.4, -0.2) is 18.9 Å². The van der Waals surface area contributed by atoms with Crippen molar-refractivity contribution in [3.05, 3.63) is 170 Å². The number of nitrogens with zero attached hydrogens (tertiary/aromatic N) is 4. The fourth-order valence-corrected chi connectivity index (χ4v) is 10.6. The van der Waals surface area contributed by atoms with Crippen molar-refractivity contribution in [2.75, 3.05) is 0 Å². The van der Waals surface area contributed by atoms with Crippen molar-refractivity contribution < 1.29 is 0 Å². The molecular weight excluding hydrogens is 689 g/mol. The number of rotatable bonds is 2. The zero-order valence-corrected chi connectivity index (χ0v) is 30.2. The molecule has 0 aliphatic rings. The lowest BCUT2D eigenvalue weighted by Crippen LogP contribution is -2.03. The summed E-state index contributed by atoms with van der Waals surface area (Å²) in [5.41, 5.74) is 8.69. The molecule has 0 aliphatic carbocycles. The summed E-state index contributed by atoms with van der Waals surface area (Å²) in [6, 6.07) is 61.6. The van der Waals surface area contributed by atoms with E-state index in [0.717, 1.165) is 33.2 Å². The monoisotopic (exact) mass is 716 g/mol. The minimum absolute atomic E-state index is 0.661. The van der Waals surface area contributed by atoms with Crippen LogP contribution in [-0.2, 0) is 0 Å². The van der Waals surface area contributed by atoms with Crippen LogP contribution < -0.4 is 0 Å². The van der Waals surface area contributed by atoms with Gasteiger partial charge in [0.2, 0.25) is 5.95 Å². The molecule has 5 heteroatoms. The third-order valence-corrected chi connectivity index (χ3v) is 12.8. The van der Waals surface area contributed by atoms with Gasteiger partial charge in [-0.1, -0.05) is 133 Å². The van der Waals surface area contributed by atoms with Crippen LogP contribution in [0.3, 0.4) is 0 Å². The standard InChI is InChI=1S/C50H28N4S/c1-2-13-29(14-3-1)47-36-18-6-9-21-38(36)51-50(52-47)53-40-23-11-8-19-37(40)44-41(53)27-25-34-35-26-28-43-46-45-33(20-12-24-42(45)55-43)31-16-5-4-15-30(31)32-17-7-10-22-39(32)54(48(34)44)49(35)46/h1-28H. The van der Waals surface area contributed by atoms with Crippen LogP contribution in [0.15, 0.2) is 170 Å². The number of para-hydroxylation sites is 3. The molecule has 0 fully saturated rings. The molecule has 55 heavy (non-hydrogen) atoms. The summed E-state index contributed by atoms with van der Waals surface area (Å²) in [4.78, 5) is 10.7. The maximum absolute atomic E-state index is 5.39. The molecule has 0 unspecified atom stereocenters. The first-order valence-corrected chi connectivity index (χ1v) is 19.5. The highest BCUT2D eigenvalue weighted by Crippen LogP contribution is 2.48. The summed E-state index contributed by atoms with van der Waals surface area (Å²) < 4.78 is 7.47. The van der Waals surface area contributed by atoms with Gasteiger partial charge in [0.15, 0.2) is 0 Å². The van der Waals surface area contributed by atoms with E-state index in [1.54, 1.807) is 0 Å². The molecule has 0 aliphatic heterocycles. The van der Waals surface area contributed by atoms with Crippen LogP contribution in [0.4, 0.5) is 0 Å². The van der Waals surface area contributed by atoms with Crippen molar-refractivity contribution in [3.63, 3.8) is 0 Å². The average molecular weight is 717 g/mol. The number of hydrogen-bond donors (Lipinski definition) is 0. The molecule has 4 nitrogen and oxygen atoms in total. The molecule has 0 radical (unpaired) electrons.